The molecule has 33 heavy (non-hydrogen) atoms. The summed E-state index contributed by atoms with van der Waals surface area (Å²) in [5, 5.41) is 8.44. The van der Waals surface area contributed by atoms with E-state index < -0.39 is 0 Å². The molecular formula is C25H27FN6O. The first kappa shape index (κ1) is 21.3. The average molecular weight is 447 g/mol. The summed E-state index contributed by atoms with van der Waals surface area (Å²) in [4.78, 5) is 11.5. The zero-order valence-corrected chi connectivity index (χ0v) is 18.7. The molecule has 7 nitrogen and oxygen atoms in total. The van der Waals surface area contributed by atoms with E-state index in [0.29, 0.717) is 19.2 Å². The van der Waals surface area contributed by atoms with Crippen LogP contribution in [0.3, 0.4) is 0 Å². The molecular weight excluding hydrogens is 419 g/mol. The molecule has 1 aliphatic rings. The number of nitrogens with zero attached hydrogens (tertiary/aromatic N) is 5. The van der Waals surface area contributed by atoms with Crippen LogP contribution < -0.4 is 10.2 Å². The van der Waals surface area contributed by atoms with Crippen molar-refractivity contribution >= 4 is 17.3 Å². The van der Waals surface area contributed by atoms with Gasteiger partial charge in [-0.1, -0.05) is 19.4 Å². The number of hydrogen-bond donors (Lipinski definition) is 1. The first-order chi connectivity index (χ1) is 16.2. The lowest BCUT2D eigenvalue weighted by atomic mass is 10.0. The predicted molar refractivity (Wildman–Crippen MR) is 128 cm³/mol. The van der Waals surface area contributed by atoms with Crippen LogP contribution in [-0.2, 0) is 4.74 Å². The van der Waals surface area contributed by atoms with Gasteiger partial charge in [0.15, 0.2) is 0 Å². The van der Waals surface area contributed by atoms with E-state index in [4.69, 9.17) is 14.8 Å². The van der Waals surface area contributed by atoms with Crippen molar-refractivity contribution in [3.8, 4) is 22.5 Å². The minimum atomic E-state index is -0.275. The van der Waals surface area contributed by atoms with Crippen molar-refractivity contribution in [2.45, 2.75) is 19.8 Å². The van der Waals surface area contributed by atoms with Gasteiger partial charge in [-0.3, -0.25) is 0 Å². The molecule has 4 heterocycles. The third-order valence-electron chi connectivity index (χ3n) is 5.80. The number of halogens is 1. The quantitative estimate of drug-likeness (QED) is 0.417. The Bertz CT molecular complexity index is 1230. The SMILES string of the molecule is CCCCNc1cccc2c(-c3ccnc(N4CCOCC4)n3)c(-c3ccc(F)cc3)nn12. The summed E-state index contributed by atoms with van der Waals surface area (Å²) in [6.45, 7) is 5.88. The third-order valence-corrected chi connectivity index (χ3v) is 5.80. The van der Waals surface area contributed by atoms with E-state index in [9.17, 15) is 4.39 Å². The van der Waals surface area contributed by atoms with Crippen LogP contribution in [0.15, 0.2) is 54.7 Å². The maximum atomic E-state index is 13.7. The molecule has 0 aliphatic carbocycles. The Hall–Kier alpha value is -3.52. The van der Waals surface area contributed by atoms with Crippen LogP contribution in [0.25, 0.3) is 28.0 Å². The summed E-state index contributed by atoms with van der Waals surface area (Å²) in [7, 11) is 0. The maximum absolute atomic E-state index is 13.7. The van der Waals surface area contributed by atoms with Gasteiger partial charge in [-0.05, 0) is 48.9 Å². The van der Waals surface area contributed by atoms with Crippen LogP contribution in [0.1, 0.15) is 19.8 Å². The number of fused-ring (bicyclic) bond motifs is 1. The summed E-state index contributed by atoms with van der Waals surface area (Å²) in [5.74, 6) is 1.32. The molecule has 5 rings (SSSR count). The summed E-state index contributed by atoms with van der Waals surface area (Å²) >= 11 is 0. The number of benzene rings is 1. The molecule has 1 aromatic carbocycles. The van der Waals surface area contributed by atoms with Crippen LogP contribution >= 0.6 is 0 Å². The lowest BCUT2D eigenvalue weighted by Gasteiger charge is -2.26. The molecule has 0 bridgehead atoms. The summed E-state index contributed by atoms with van der Waals surface area (Å²) in [6, 6.07) is 14.4. The van der Waals surface area contributed by atoms with Crippen molar-refractivity contribution in [1.29, 1.82) is 0 Å². The van der Waals surface area contributed by atoms with Gasteiger partial charge in [0.1, 0.15) is 17.3 Å². The van der Waals surface area contributed by atoms with Gasteiger partial charge < -0.3 is 15.0 Å². The normalized spacial score (nSPS) is 14.1. The lowest BCUT2D eigenvalue weighted by molar-refractivity contribution is 0.122. The second kappa shape index (κ2) is 9.54. The first-order valence-corrected chi connectivity index (χ1v) is 11.4. The smallest absolute Gasteiger partial charge is 0.226 e. The van der Waals surface area contributed by atoms with Crippen molar-refractivity contribution in [2.75, 3.05) is 43.1 Å². The number of morpholine rings is 1. The van der Waals surface area contributed by atoms with E-state index in [0.717, 1.165) is 66.3 Å². The molecule has 1 saturated heterocycles. The molecule has 0 atom stereocenters. The van der Waals surface area contributed by atoms with Crippen molar-refractivity contribution in [3.05, 3.63) is 60.5 Å². The van der Waals surface area contributed by atoms with E-state index in [1.54, 1.807) is 18.3 Å². The Morgan fingerprint density at radius 1 is 1.06 bits per heavy atom. The standard InChI is InChI=1S/C25H27FN6O/c1-2-3-12-27-22-6-4-5-21-23(24(30-32(21)22)18-7-9-19(26)10-8-18)20-11-13-28-25(29-20)31-14-16-33-17-15-31/h4-11,13,27H,2-3,12,14-17H2,1H3. The van der Waals surface area contributed by atoms with Crippen molar-refractivity contribution < 1.29 is 9.13 Å². The second-order valence-corrected chi connectivity index (χ2v) is 8.06. The van der Waals surface area contributed by atoms with Gasteiger partial charge in [0.25, 0.3) is 0 Å². The van der Waals surface area contributed by atoms with Crippen LogP contribution in [0.2, 0.25) is 0 Å². The van der Waals surface area contributed by atoms with Crippen molar-refractivity contribution in [1.82, 2.24) is 19.6 Å². The molecule has 0 amide bonds. The highest BCUT2D eigenvalue weighted by atomic mass is 19.1. The largest absolute Gasteiger partial charge is 0.378 e. The molecule has 0 spiro atoms. The minimum absolute atomic E-state index is 0.275. The fourth-order valence-corrected chi connectivity index (χ4v) is 4.06. The van der Waals surface area contributed by atoms with Crippen LogP contribution in [0.4, 0.5) is 16.2 Å². The average Bonchev–Trinajstić information content (AvgIpc) is 3.26. The van der Waals surface area contributed by atoms with E-state index >= 15 is 0 Å². The zero-order chi connectivity index (χ0) is 22.6. The maximum Gasteiger partial charge on any atom is 0.226 e. The molecule has 1 aliphatic heterocycles. The van der Waals surface area contributed by atoms with Crippen molar-refractivity contribution in [3.63, 3.8) is 0 Å². The van der Waals surface area contributed by atoms with Gasteiger partial charge in [-0.2, -0.15) is 5.10 Å². The number of aromatic nitrogens is 4. The number of anilines is 2. The summed E-state index contributed by atoms with van der Waals surface area (Å²) in [5.41, 5.74) is 4.21. The number of hydrogen-bond acceptors (Lipinski definition) is 6. The van der Waals surface area contributed by atoms with Gasteiger partial charge >= 0.3 is 0 Å². The third kappa shape index (κ3) is 4.39. The van der Waals surface area contributed by atoms with Gasteiger partial charge in [0, 0.05) is 31.4 Å². The van der Waals surface area contributed by atoms with Gasteiger partial charge in [0.2, 0.25) is 5.95 Å². The van der Waals surface area contributed by atoms with Crippen LogP contribution in [0, 0.1) is 5.82 Å². The van der Waals surface area contributed by atoms with Gasteiger partial charge in [-0.15, -0.1) is 0 Å². The van der Waals surface area contributed by atoms with E-state index in [1.165, 1.54) is 12.1 Å². The molecule has 4 aromatic rings. The topological polar surface area (TPSA) is 67.6 Å². The number of ether oxygens (including phenoxy) is 1. The summed E-state index contributed by atoms with van der Waals surface area (Å²) < 4.78 is 21.0. The molecule has 0 saturated carbocycles. The molecule has 3 aromatic heterocycles. The molecule has 1 N–H and O–H groups in total. The number of nitrogens with one attached hydrogen (secondary N) is 1. The molecule has 170 valence electrons. The molecule has 0 unspecified atom stereocenters. The fraction of sp³-hybridized carbons (Fsp3) is 0.320. The second-order valence-electron chi connectivity index (χ2n) is 8.06. The Morgan fingerprint density at radius 3 is 2.67 bits per heavy atom. The highest BCUT2D eigenvalue weighted by Crippen LogP contribution is 2.36. The van der Waals surface area contributed by atoms with Gasteiger partial charge in [0.05, 0.1) is 30.0 Å². The highest BCUT2D eigenvalue weighted by Gasteiger charge is 2.21. The van der Waals surface area contributed by atoms with Crippen LogP contribution in [0.5, 0.6) is 0 Å². The Kier molecular flexibility index (Phi) is 6.17. The van der Waals surface area contributed by atoms with Crippen LogP contribution in [-0.4, -0.2) is 52.4 Å². The summed E-state index contributed by atoms with van der Waals surface area (Å²) in [6.07, 6.45) is 3.97. The minimum Gasteiger partial charge on any atom is -0.378 e. The number of unbranched alkanes of at least 4 members (excludes halogenated alkanes) is 1. The lowest BCUT2D eigenvalue weighted by Crippen LogP contribution is -2.37. The van der Waals surface area contributed by atoms with Gasteiger partial charge in [-0.25, -0.2) is 18.9 Å². The Balaban J connectivity index is 1.65. The number of pyridine rings is 1. The van der Waals surface area contributed by atoms with E-state index in [-0.39, 0.29) is 5.82 Å². The number of rotatable bonds is 7. The predicted octanol–water partition coefficient (Wildman–Crippen LogP) is 4.65. The molecule has 0 radical (unpaired) electrons. The van der Waals surface area contributed by atoms with E-state index in [1.807, 2.05) is 28.8 Å². The Morgan fingerprint density at radius 2 is 1.88 bits per heavy atom. The molecule has 8 heteroatoms. The monoisotopic (exact) mass is 446 g/mol. The fourth-order valence-electron chi connectivity index (χ4n) is 4.06. The van der Waals surface area contributed by atoms with Crippen molar-refractivity contribution in [2.24, 2.45) is 0 Å². The van der Waals surface area contributed by atoms with E-state index in [2.05, 4.69) is 22.1 Å². The highest BCUT2D eigenvalue weighted by molar-refractivity contribution is 5.91. The Labute approximate surface area is 192 Å². The molecule has 1 fully saturated rings. The first-order valence-electron chi connectivity index (χ1n) is 11.4. The zero-order valence-electron chi connectivity index (χ0n) is 18.7.